The summed E-state index contributed by atoms with van der Waals surface area (Å²) in [6.45, 7) is 2.06. The lowest BCUT2D eigenvalue weighted by Crippen LogP contribution is -2.28. The molecule has 2 aromatic heterocycles. The zero-order valence-electron chi connectivity index (χ0n) is 14.2. The number of nitrogens with one attached hydrogen (secondary N) is 2. The Morgan fingerprint density at radius 2 is 1.78 bits per heavy atom. The third-order valence-corrected chi connectivity index (χ3v) is 5.55. The average Bonchev–Trinajstić information content (AvgIpc) is 3.31. The first-order valence-electron chi connectivity index (χ1n) is 8.08. The van der Waals surface area contributed by atoms with Crippen molar-refractivity contribution in [1.82, 2.24) is 9.97 Å². The number of nitrogens with zero attached hydrogens (tertiary/aromatic N) is 2. The van der Waals surface area contributed by atoms with E-state index in [9.17, 15) is 9.59 Å². The van der Waals surface area contributed by atoms with Gasteiger partial charge in [-0.2, -0.15) is 0 Å². The molecule has 4 aromatic rings. The molecule has 0 aliphatic heterocycles. The van der Waals surface area contributed by atoms with Gasteiger partial charge in [0.25, 0.3) is 0 Å². The van der Waals surface area contributed by atoms with Crippen molar-refractivity contribution in [2.75, 3.05) is 10.6 Å². The highest BCUT2D eigenvalue weighted by Crippen LogP contribution is 2.31. The molecule has 0 unspecified atom stereocenters. The molecule has 0 aliphatic carbocycles. The Morgan fingerprint density at radius 3 is 2.52 bits per heavy atom. The van der Waals surface area contributed by atoms with Crippen LogP contribution in [0.4, 0.5) is 10.8 Å². The van der Waals surface area contributed by atoms with Crippen molar-refractivity contribution in [1.29, 1.82) is 0 Å². The minimum absolute atomic E-state index is 0.386. The summed E-state index contributed by atoms with van der Waals surface area (Å²) in [5, 5.41) is 8.04. The van der Waals surface area contributed by atoms with E-state index in [2.05, 4.69) is 33.6 Å². The molecule has 0 bridgehead atoms. The molecule has 8 heteroatoms. The van der Waals surface area contributed by atoms with Crippen molar-refractivity contribution in [3.63, 3.8) is 0 Å². The molecule has 0 aliphatic rings. The van der Waals surface area contributed by atoms with Crippen molar-refractivity contribution in [3.05, 3.63) is 59.6 Å². The number of benzene rings is 2. The van der Waals surface area contributed by atoms with Crippen LogP contribution in [-0.2, 0) is 9.59 Å². The molecule has 0 atom stereocenters. The summed E-state index contributed by atoms with van der Waals surface area (Å²) in [7, 11) is 0. The lowest BCUT2D eigenvalue weighted by atomic mass is 10.2. The number of carbonyl (C=O) groups is 2. The Bertz CT molecular complexity index is 1120. The number of amides is 2. The molecule has 2 heterocycles. The number of carbonyl (C=O) groups excluding carboxylic acids is 2. The van der Waals surface area contributed by atoms with Crippen LogP contribution in [0.25, 0.3) is 20.8 Å². The highest BCUT2D eigenvalue weighted by Gasteiger charge is 2.15. The topological polar surface area (TPSA) is 84.0 Å². The van der Waals surface area contributed by atoms with Crippen LogP contribution in [-0.4, -0.2) is 21.8 Å². The lowest BCUT2D eigenvalue weighted by molar-refractivity contribution is -0.132. The van der Waals surface area contributed by atoms with Gasteiger partial charge in [-0.1, -0.05) is 6.07 Å². The molecule has 0 spiro atoms. The molecular weight excluding hydrogens is 380 g/mol. The minimum Gasteiger partial charge on any atom is -0.318 e. The van der Waals surface area contributed by atoms with Gasteiger partial charge in [-0.25, -0.2) is 9.97 Å². The van der Waals surface area contributed by atoms with E-state index < -0.39 is 11.8 Å². The van der Waals surface area contributed by atoms with E-state index >= 15 is 0 Å². The predicted molar refractivity (Wildman–Crippen MR) is 109 cm³/mol. The van der Waals surface area contributed by atoms with Crippen LogP contribution in [0.5, 0.6) is 0 Å². The summed E-state index contributed by atoms with van der Waals surface area (Å²) in [5.41, 5.74) is 3.66. The Morgan fingerprint density at radius 1 is 1.00 bits per heavy atom. The Labute approximate surface area is 162 Å². The number of aryl methyl sites for hydroxylation is 1. The molecule has 2 amide bonds. The number of aromatic nitrogens is 2. The van der Waals surface area contributed by atoms with Crippen LogP contribution in [0.15, 0.2) is 54.0 Å². The third-order valence-electron chi connectivity index (χ3n) is 3.79. The van der Waals surface area contributed by atoms with Crippen molar-refractivity contribution in [2.45, 2.75) is 6.92 Å². The normalized spacial score (nSPS) is 10.7. The summed E-state index contributed by atoms with van der Waals surface area (Å²) < 4.78 is 1.14. The van der Waals surface area contributed by atoms with E-state index in [1.165, 1.54) is 16.9 Å². The lowest BCUT2D eigenvalue weighted by Gasteiger charge is -2.05. The summed E-state index contributed by atoms with van der Waals surface area (Å²) in [5.74, 6) is -1.50. The Hall–Kier alpha value is -3.10. The van der Waals surface area contributed by atoms with E-state index in [1.807, 2.05) is 24.3 Å². The minimum atomic E-state index is -0.754. The first-order valence-corrected chi connectivity index (χ1v) is 9.77. The van der Waals surface area contributed by atoms with Crippen LogP contribution in [0.3, 0.4) is 0 Å². The second-order valence-corrected chi connectivity index (χ2v) is 7.74. The number of rotatable bonds is 3. The van der Waals surface area contributed by atoms with Crippen LogP contribution < -0.4 is 10.6 Å². The molecule has 0 saturated heterocycles. The first-order chi connectivity index (χ1) is 13.1. The van der Waals surface area contributed by atoms with E-state index in [-0.39, 0.29) is 0 Å². The highest BCUT2D eigenvalue weighted by atomic mass is 32.1. The van der Waals surface area contributed by atoms with Gasteiger partial charge in [-0.05, 0) is 48.9 Å². The number of thiazole rings is 2. The maximum Gasteiger partial charge on any atom is 0.315 e. The van der Waals surface area contributed by atoms with Gasteiger partial charge in [0.05, 0.1) is 10.2 Å². The van der Waals surface area contributed by atoms with Crippen LogP contribution >= 0.6 is 22.7 Å². The maximum atomic E-state index is 12.0. The maximum absolute atomic E-state index is 12.0. The van der Waals surface area contributed by atoms with Gasteiger partial charge in [0.15, 0.2) is 5.13 Å². The number of hydrogen-bond donors (Lipinski definition) is 2. The molecule has 6 nitrogen and oxygen atoms in total. The monoisotopic (exact) mass is 394 g/mol. The van der Waals surface area contributed by atoms with Crippen LogP contribution in [0.2, 0.25) is 0 Å². The van der Waals surface area contributed by atoms with E-state index in [0.717, 1.165) is 20.8 Å². The fraction of sp³-hybridized carbons (Fsp3) is 0.0526. The van der Waals surface area contributed by atoms with Crippen molar-refractivity contribution < 1.29 is 9.59 Å². The SMILES string of the molecule is Cc1ccc2nc(-c3ccc(NC(=O)C(=O)Nc4nccs4)cc3)sc2c1. The van der Waals surface area contributed by atoms with E-state index in [1.54, 1.807) is 35.0 Å². The fourth-order valence-corrected chi connectivity index (χ4v) is 4.07. The highest BCUT2D eigenvalue weighted by molar-refractivity contribution is 7.21. The van der Waals surface area contributed by atoms with Crippen LogP contribution in [0.1, 0.15) is 5.56 Å². The second-order valence-electron chi connectivity index (χ2n) is 5.81. The predicted octanol–water partition coefficient (Wildman–Crippen LogP) is 4.31. The molecule has 27 heavy (non-hydrogen) atoms. The number of fused-ring (bicyclic) bond motifs is 1. The molecule has 2 aromatic carbocycles. The van der Waals surface area contributed by atoms with Crippen molar-refractivity contribution >= 4 is 55.5 Å². The summed E-state index contributed by atoms with van der Waals surface area (Å²) in [6.07, 6.45) is 1.56. The van der Waals surface area contributed by atoms with Gasteiger partial charge in [-0.15, -0.1) is 22.7 Å². The van der Waals surface area contributed by atoms with Gasteiger partial charge in [0.2, 0.25) is 0 Å². The zero-order valence-corrected chi connectivity index (χ0v) is 15.9. The standard InChI is InChI=1S/C19H14N4O2S2/c1-11-2-7-14-15(10-11)27-18(22-14)12-3-5-13(6-4-12)21-16(24)17(25)23-19-20-8-9-26-19/h2-10H,1H3,(H,21,24)(H,20,23,25). The molecule has 2 N–H and O–H groups in total. The fourth-order valence-electron chi connectivity index (χ4n) is 2.48. The van der Waals surface area contributed by atoms with Gasteiger partial charge in [0.1, 0.15) is 5.01 Å². The molecular formula is C19H14N4O2S2. The number of hydrogen-bond acceptors (Lipinski definition) is 6. The summed E-state index contributed by atoms with van der Waals surface area (Å²) in [6, 6.07) is 13.4. The van der Waals surface area contributed by atoms with E-state index in [0.29, 0.717) is 10.8 Å². The summed E-state index contributed by atoms with van der Waals surface area (Å²) >= 11 is 2.87. The average molecular weight is 394 g/mol. The quantitative estimate of drug-likeness (QED) is 0.507. The third kappa shape index (κ3) is 3.86. The van der Waals surface area contributed by atoms with Crippen molar-refractivity contribution in [2.24, 2.45) is 0 Å². The molecule has 0 radical (unpaired) electrons. The number of anilines is 2. The van der Waals surface area contributed by atoms with Gasteiger partial charge in [-0.3, -0.25) is 14.9 Å². The molecule has 4 rings (SSSR count). The zero-order chi connectivity index (χ0) is 18.8. The van der Waals surface area contributed by atoms with Gasteiger partial charge >= 0.3 is 11.8 Å². The first kappa shape index (κ1) is 17.3. The van der Waals surface area contributed by atoms with E-state index in [4.69, 9.17) is 0 Å². The second kappa shape index (κ2) is 7.26. The molecule has 0 saturated carbocycles. The summed E-state index contributed by atoms with van der Waals surface area (Å²) in [4.78, 5) is 32.4. The Balaban J connectivity index is 1.46. The molecule has 0 fully saturated rings. The van der Waals surface area contributed by atoms with Crippen LogP contribution in [0, 0.1) is 6.92 Å². The van der Waals surface area contributed by atoms with Gasteiger partial charge in [0, 0.05) is 22.8 Å². The Kier molecular flexibility index (Phi) is 4.66. The van der Waals surface area contributed by atoms with Crippen molar-refractivity contribution in [3.8, 4) is 10.6 Å². The molecule has 134 valence electrons. The van der Waals surface area contributed by atoms with Gasteiger partial charge < -0.3 is 5.32 Å². The smallest absolute Gasteiger partial charge is 0.315 e. The largest absolute Gasteiger partial charge is 0.318 e.